The van der Waals surface area contributed by atoms with E-state index in [2.05, 4.69) is 38.5 Å². The number of aryl methyl sites for hydroxylation is 2. The van der Waals surface area contributed by atoms with Crippen LogP contribution in [0.4, 0.5) is 5.82 Å². The summed E-state index contributed by atoms with van der Waals surface area (Å²) >= 11 is 0. The van der Waals surface area contributed by atoms with Gasteiger partial charge in [0.05, 0.1) is 11.3 Å². The van der Waals surface area contributed by atoms with Gasteiger partial charge in [0.2, 0.25) is 11.6 Å². The van der Waals surface area contributed by atoms with Gasteiger partial charge in [-0.2, -0.15) is 0 Å². The summed E-state index contributed by atoms with van der Waals surface area (Å²) < 4.78 is 5.77. The lowest BCUT2D eigenvalue weighted by atomic mass is 9.95. The molecule has 0 aromatic carbocycles. The number of hydrogen-bond donors (Lipinski definition) is 0. The molecule has 152 valence electrons. The summed E-state index contributed by atoms with van der Waals surface area (Å²) in [6.07, 6.45) is 4.71. The SMILES string of the molecule is CCCN1CCN(C(=O)C2CCCN(c3ncnc4oc(C)c(C)c34)C2)CC1. The summed E-state index contributed by atoms with van der Waals surface area (Å²) in [5.74, 6) is 2.15. The fourth-order valence-electron chi connectivity index (χ4n) is 4.54. The van der Waals surface area contributed by atoms with Gasteiger partial charge in [0.15, 0.2) is 0 Å². The number of carbonyl (C=O) groups is 1. The van der Waals surface area contributed by atoms with Gasteiger partial charge in [0.25, 0.3) is 0 Å². The highest BCUT2D eigenvalue weighted by Gasteiger charge is 2.32. The number of furan rings is 1. The van der Waals surface area contributed by atoms with Crippen LogP contribution in [-0.2, 0) is 4.79 Å². The van der Waals surface area contributed by atoms with Crippen molar-refractivity contribution in [3.63, 3.8) is 0 Å². The Kier molecular flexibility index (Phi) is 5.53. The van der Waals surface area contributed by atoms with Gasteiger partial charge in [-0.3, -0.25) is 9.69 Å². The van der Waals surface area contributed by atoms with E-state index >= 15 is 0 Å². The minimum atomic E-state index is 0.0461. The Balaban J connectivity index is 1.47. The number of piperazine rings is 1. The van der Waals surface area contributed by atoms with Gasteiger partial charge >= 0.3 is 0 Å². The highest BCUT2D eigenvalue weighted by Crippen LogP contribution is 2.33. The van der Waals surface area contributed by atoms with Gasteiger partial charge in [0.1, 0.15) is 17.9 Å². The number of piperidine rings is 1. The number of rotatable bonds is 4. The van der Waals surface area contributed by atoms with Crippen molar-refractivity contribution in [1.29, 1.82) is 0 Å². The van der Waals surface area contributed by atoms with Crippen molar-refractivity contribution in [1.82, 2.24) is 19.8 Å². The number of amides is 1. The predicted molar refractivity (Wildman–Crippen MR) is 110 cm³/mol. The second kappa shape index (κ2) is 8.07. The van der Waals surface area contributed by atoms with Crippen LogP contribution < -0.4 is 4.90 Å². The van der Waals surface area contributed by atoms with Crippen LogP contribution in [0.25, 0.3) is 11.1 Å². The standard InChI is InChI=1S/C21H31N5O2/c1-4-7-24-9-11-25(12-10-24)21(27)17-6-5-8-26(13-17)19-18-15(2)16(3)28-20(18)23-14-22-19/h14,17H,4-13H2,1-3H3. The molecule has 0 saturated carbocycles. The molecule has 7 heteroatoms. The van der Waals surface area contributed by atoms with Gasteiger partial charge in [-0.05, 0) is 39.7 Å². The Morgan fingerprint density at radius 1 is 1.18 bits per heavy atom. The third-order valence-corrected chi connectivity index (χ3v) is 6.24. The van der Waals surface area contributed by atoms with Gasteiger partial charge in [-0.25, -0.2) is 9.97 Å². The average Bonchev–Trinajstić information content (AvgIpc) is 3.02. The molecule has 2 aliphatic rings. The molecule has 0 radical (unpaired) electrons. The predicted octanol–water partition coefficient (Wildman–Crippen LogP) is 2.61. The monoisotopic (exact) mass is 385 g/mol. The quantitative estimate of drug-likeness (QED) is 0.806. The van der Waals surface area contributed by atoms with E-state index in [1.807, 2.05) is 6.92 Å². The summed E-state index contributed by atoms with van der Waals surface area (Å²) in [6, 6.07) is 0. The first-order chi connectivity index (χ1) is 13.6. The molecule has 1 atom stereocenters. The second-order valence-corrected chi connectivity index (χ2v) is 8.11. The van der Waals surface area contributed by atoms with Gasteiger partial charge in [-0.15, -0.1) is 0 Å². The number of nitrogens with zero attached hydrogens (tertiary/aromatic N) is 5. The zero-order valence-electron chi connectivity index (χ0n) is 17.3. The van der Waals surface area contributed by atoms with Crippen LogP contribution >= 0.6 is 0 Å². The first-order valence-electron chi connectivity index (χ1n) is 10.5. The lowest BCUT2D eigenvalue weighted by Crippen LogP contribution is -2.52. The molecule has 4 rings (SSSR count). The molecule has 0 aliphatic carbocycles. The molecule has 0 bridgehead atoms. The van der Waals surface area contributed by atoms with Crippen molar-refractivity contribution < 1.29 is 9.21 Å². The third kappa shape index (κ3) is 3.60. The first-order valence-corrected chi connectivity index (χ1v) is 10.5. The normalized spacial score (nSPS) is 21.5. The zero-order chi connectivity index (χ0) is 19.7. The lowest BCUT2D eigenvalue weighted by Gasteiger charge is -2.39. The fraction of sp³-hybridized carbons (Fsp3) is 0.667. The Labute approximate surface area is 166 Å². The van der Waals surface area contributed by atoms with Crippen LogP contribution in [0.1, 0.15) is 37.5 Å². The molecular formula is C21H31N5O2. The summed E-state index contributed by atoms with van der Waals surface area (Å²) in [5.41, 5.74) is 1.73. The fourth-order valence-corrected chi connectivity index (χ4v) is 4.54. The Morgan fingerprint density at radius 2 is 1.96 bits per heavy atom. The second-order valence-electron chi connectivity index (χ2n) is 8.11. The van der Waals surface area contributed by atoms with Crippen LogP contribution in [0.2, 0.25) is 0 Å². The van der Waals surface area contributed by atoms with E-state index in [1.54, 1.807) is 6.33 Å². The Morgan fingerprint density at radius 3 is 2.71 bits per heavy atom. The molecule has 1 amide bonds. The van der Waals surface area contributed by atoms with E-state index < -0.39 is 0 Å². The van der Waals surface area contributed by atoms with E-state index in [0.717, 1.165) is 81.2 Å². The van der Waals surface area contributed by atoms with Crippen molar-refractivity contribution in [2.24, 2.45) is 5.92 Å². The van der Waals surface area contributed by atoms with E-state index in [9.17, 15) is 4.79 Å². The molecule has 2 fully saturated rings. The minimum Gasteiger partial charge on any atom is -0.443 e. The minimum absolute atomic E-state index is 0.0461. The zero-order valence-corrected chi connectivity index (χ0v) is 17.3. The van der Waals surface area contributed by atoms with Crippen molar-refractivity contribution in [2.45, 2.75) is 40.0 Å². The van der Waals surface area contributed by atoms with Crippen LogP contribution in [0, 0.1) is 19.8 Å². The van der Waals surface area contributed by atoms with Crippen molar-refractivity contribution in [2.75, 3.05) is 50.7 Å². The van der Waals surface area contributed by atoms with Crippen LogP contribution in [-0.4, -0.2) is 71.5 Å². The van der Waals surface area contributed by atoms with Gasteiger partial charge in [0, 0.05) is 44.8 Å². The molecule has 0 N–H and O–H groups in total. The van der Waals surface area contributed by atoms with Crippen LogP contribution in [0.5, 0.6) is 0 Å². The van der Waals surface area contributed by atoms with E-state index in [-0.39, 0.29) is 5.92 Å². The molecule has 4 heterocycles. The Bertz CT molecular complexity index is 841. The van der Waals surface area contributed by atoms with Crippen molar-refractivity contribution in [3.05, 3.63) is 17.7 Å². The maximum Gasteiger partial charge on any atom is 0.231 e. The number of hydrogen-bond acceptors (Lipinski definition) is 6. The highest BCUT2D eigenvalue weighted by atomic mass is 16.3. The highest BCUT2D eigenvalue weighted by molar-refractivity contribution is 5.90. The van der Waals surface area contributed by atoms with Crippen LogP contribution in [0.3, 0.4) is 0 Å². The van der Waals surface area contributed by atoms with Gasteiger partial charge in [-0.1, -0.05) is 6.92 Å². The smallest absolute Gasteiger partial charge is 0.231 e. The van der Waals surface area contributed by atoms with Gasteiger partial charge < -0.3 is 14.2 Å². The molecule has 0 spiro atoms. The largest absolute Gasteiger partial charge is 0.443 e. The lowest BCUT2D eigenvalue weighted by molar-refractivity contribution is -0.137. The molecule has 2 aromatic rings. The number of fused-ring (bicyclic) bond motifs is 1. The number of aromatic nitrogens is 2. The topological polar surface area (TPSA) is 65.7 Å². The number of anilines is 1. The third-order valence-electron chi connectivity index (χ3n) is 6.24. The molecule has 2 saturated heterocycles. The van der Waals surface area contributed by atoms with Crippen LogP contribution in [0.15, 0.2) is 10.7 Å². The first kappa shape index (κ1) is 19.2. The molecule has 2 aromatic heterocycles. The summed E-state index contributed by atoms with van der Waals surface area (Å²) in [7, 11) is 0. The number of carbonyl (C=O) groups excluding carboxylic acids is 1. The average molecular weight is 386 g/mol. The van der Waals surface area contributed by atoms with E-state index in [0.29, 0.717) is 11.6 Å². The summed E-state index contributed by atoms with van der Waals surface area (Å²) in [5, 5.41) is 0.987. The van der Waals surface area contributed by atoms with E-state index in [1.165, 1.54) is 6.42 Å². The molecular weight excluding hydrogens is 354 g/mol. The molecule has 2 aliphatic heterocycles. The summed E-state index contributed by atoms with van der Waals surface area (Å²) in [4.78, 5) is 28.8. The maximum absolute atomic E-state index is 13.2. The van der Waals surface area contributed by atoms with Crippen molar-refractivity contribution in [3.8, 4) is 0 Å². The van der Waals surface area contributed by atoms with E-state index in [4.69, 9.17) is 4.42 Å². The maximum atomic E-state index is 13.2. The molecule has 7 nitrogen and oxygen atoms in total. The summed E-state index contributed by atoms with van der Waals surface area (Å²) in [6.45, 7) is 12.7. The molecule has 28 heavy (non-hydrogen) atoms. The van der Waals surface area contributed by atoms with Crippen molar-refractivity contribution >= 4 is 22.8 Å². The molecule has 1 unspecified atom stereocenters. The Hall–Kier alpha value is -2.15.